The van der Waals surface area contributed by atoms with Crippen molar-refractivity contribution in [3.8, 4) is 0 Å². The van der Waals surface area contributed by atoms with Gasteiger partial charge in [-0.05, 0) is 23.1 Å². The fourth-order valence-corrected chi connectivity index (χ4v) is 5.44. The molecule has 0 saturated carbocycles. The van der Waals surface area contributed by atoms with Gasteiger partial charge in [0.25, 0.3) is 5.91 Å². The van der Waals surface area contributed by atoms with Crippen molar-refractivity contribution in [2.75, 3.05) is 5.75 Å². The predicted molar refractivity (Wildman–Crippen MR) is 112 cm³/mol. The molecule has 0 bridgehead atoms. The minimum absolute atomic E-state index is 0.178. The van der Waals surface area contributed by atoms with E-state index in [-0.39, 0.29) is 11.7 Å². The van der Waals surface area contributed by atoms with Crippen molar-refractivity contribution in [2.45, 2.75) is 14.4 Å². The summed E-state index contributed by atoms with van der Waals surface area (Å²) in [4.78, 5) is 12.8. The maximum absolute atomic E-state index is 11.8. The second kappa shape index (κ2) is 10.1. The van der Waals surface area contributed by atoms with Crippen LogP contribution in [0.25, 0.3) is 0 Å². The fraction of sp³-hybridized carbons (Fsp3) is 0.125. The number of hydrogen-bond acceptors (Lipinski definition) is 8. The number of nitrogens with one attached hydrogen (secondary N) is 1. The number of rotatable bonds is 8. The van der Waals surface area contributed by atoms with Crippen molar-refractivity contribution < 1.29 is 4.79 Å². The van der Waals surface area contributed by atoms with Gasteiger partial charge in [0.1, 0.15) is 0 Å². The highest BCUT2D eigenvalue weighted by Crippen LogP contribution is 2.32. The van der Waals surface area contributed by atoms with E-state index in [1.54, 1.807) is 29.3 Å². The maximum Gasteiger partial charge on any atom is 0.250 e. The van der Waals surface area contributed by atoms with Gasteiger partial charge in [-0.15, -0.1) is 21.5 Å². The third-order valence-corrected chi connectivity index (χ3v) is 7.36. The lowest BCUT2D eigenvalue weighted by molar-refractivity contribution is -0.118. The Balaban J connectivity index is 1.42. The number of hydrazone groups is 1. The fourth-order valence-electron chi connectivity index (χ4n) is 1.76. The molecule has 10 heteroatoms. The van der Waals surface area contributed by atoms with Crippen molar-refractivity contribution >= 4 is 69.9 Å². The Bertz CT molecular complexity index is 882. The Labute approximate surface area is 172 Å². The van der Waals surface area contributed by atoms with Crippen LogP contribution in [-0.2, 0) is 10.5 Å². The molecule has 2 heterocycles. The zero-order chi connectivity index (χ0) is 18.2. The van der Waals surface area contributed by atoms with Crippen LogP contribution in [0.1, 0.15) is 10.4 Å². The Morgan fingerprint density at radius 3 is 2.77 bits per heavy atom. The van der Waals surface area contributed by atoms with Gasteiger partial charge in [-0.3, -0.25) is 4.79 Å². The summed E-state index contributed by atoms with van der Waals surface area (Å²) in [7, 11) is 0. The highest BCUT2D eigenvalue weighted by Gasteiger charge is 2.09. The van der Waals surface area contributed by atoms with Crippen LogP contribution in [0.4, 0.5) is 0 Å². The lowest BCUT2D eigenvalue weighted by Crippen LogP contribution is -2.19. The van der Waals surface area contributed by atoms with Crippen LogP contribution >= 0.6 is 57.8 Å². The number of carbonyl (C=O) groups excluding carboxylic acids is 1. The van der Waals surface area contributed by atoms with Crippen molar-refractivity contribution in [3.63, 3.8) is 0 Å². The zero-order valence-corrected chi connectivity index (χ0v) is 17.3. The maximum atomic E-state index is 11.8. The highest BCUT2D eigenvalue weighted by atomic mass is 35.5. The van der Waals surface area contributed by atoms with Crippen LogP contribution in [0.5, 0.6) is 0 Å². The summed E-state index contributed by atoms with van der Waals surface area (Å²) in [5.41, 5.74) is 3.57. The van der Waals surface area contributed by atoms with Crippen LogP contribution in [0, 0.1) is 0 Å². The van der Waals surface area contributed by atoms with E-state index in [0.717, 1.165) is 29.9 Å². The van der Waals surface area contributed by atoms with E-state index in [2.05, 4.69) is 20.7 Å². The first-order valence-electron chi connectivity index (χ1n) is 7.38. The number of carbonyl (C=O) groups is 1. The van der Waals surface area contributed by atoms with Gasteiger partial charge in [0.15, 0.2) is 8.68 Å². The third kappa shape index (κ3) is 6.10. The van der Waals surface area contributed by atoms with Gasteiger partial charge in [0, 0.05) is 15.7 Å². The molecule has 134 valence electrons. The van der Waals surface area contributed by atoms with Crippen LogP contribution in [-0.4, -0.2) is 28.1 Å². The van der Waals surface area contributed by atoms with E-state index in [4.69, 9.17) is 11.6 Å². The van der Waals surface area contributed by atoms with Gasteiger partial charge in [-0.2, -0.15) is 5.10 Å². The monoisotopic (exact) mass is 440 g/mol. The molecule has 26 heavy (non-hydrogen) atoms. The number of benzene rings is 1. The number of thiophene rings is 1. The smallest absolute Gasteiger partial charge is 0.250 e. The van der Waals surface area contributed by atoms with Crippen molar-refractivity contribution in [1.29, 1.82) is 0 Å². The van der Waals surface area contributed by atoms with Gasteiger partial charge < -0.3 is 0 Å². The summed E-state index contributed by atoms with van der Waals surface area (Å²) in [6, 6.07) is 11.6. The number of nitrogens with zero attached hydrogens (tertiary/aromatic N) is 3. The van der Waals surface area contributed by atoms with E-state index in [9.17, 15) is 4.79 Å². The Morgan fingerprint density at radius 2 is 2.00 bits per heavy atom. The minimum Gasteiger partial charge on any atom is -0.272 e. The molecule has 3 rings (SSSR count). The number of aromatic nitrogens is 2. The largest absolute Gasteiger partial charge is 0.272 e. The van der Waals surface area contributed by atoms with Gasteiger partial charge in [-0.25, -0.2) is 5.43 Å². The molecule has 1 aromatic carbocycles. The standard InChI is InChI=1S/C16H13ClN4OS4/c17-13-6-2-1-4-11(13)9-24-15-20-21-16(26-15)25-10-14(22)19-18-8-12-5-3-7-23-12/h1-8H,9-10H2,(H,19,22)/b18-8+. The van der Waals surface area contributed by atoms with Crippen LogP contribution in [0.3, 0.4) is 0 Å². The first-order valence-corrected chi connectivity index (χ1v) is 11.4. The van der Waals surface area contributed by atoms with E-state index >= 15 is 0 Å². The van der Waals surface area contributed by atoms with Crippen LogP contribution in [0.2, 0.25) is 5.02 Å². The molecule has 0 radical (unpaired) electrons. The number of thioether (sulfide) groups is 2. The molecule has 3 aromatic rings. The molecule has 2 aromatic heterocycles. The molecule has 0 aliphatic heterocycles. The Kier molecular flexibility index (Phi) is 7.51. The van der Waals surface area contributed by atoms with E-state index in [1.807, 2.05) is 41.8 Å². The highest BCUT2D eigenvalue weighted by molar-refractivity contribution is 8.03. The van der Waals surface area contributed by atoms with Crippen molar-refractivity contribution in [1.82, 2.24) is 15.6 Å². The average Bonchev–Trinajstić information content (AvgIpc) is 3.31. The zero-order valence-electron chi connectivity index (χ0n) is 13.3. The lowest BCUT2D eigenvalue weighted by atomic mass is 10.2. The third-order valence-electron chi connectivity index (χ3n) is 2.95. The number of amides is 1. The van der Waals surface area contributed by atoms with E-state index in [1.165, 1.54) is 23.1 Å². The summed E-state index contributed by atoms with van der Waals surface area (Å²) in [5, 5.41) is 14.9. The lowest BCUT2D eigenvalue weighted by Gasteiger charge is -2.00. The SMILES string of the molecule is O=C(CSc1nnc(SCc2ccccc2Cl)s1)N/N=C/c1cccs1. The van der Waals surface area contributed by atoms with Crippen molar-refractivity contribution in [2.24, 2.45) is 5.10 Å². The van der Waals surface area contributed by atoms with E-state index in [0.29, 0.717) is 0 Å². The molecule has 1 N–H and O–H groups in total. The average molecular weight is 441 g/mol. The quantitative estimate of drug-likeness (QED) is 0.310. The molecule has 0 atom stereocenters. The normalized spacial score (nSPS) is 11.1. The van der Waals surface area contributed by atoms with Crippen LogP contribution < -0.4 is 5.43 Å². The molecule has 0 spiro atoms. The summed E-state index contributed by atoms with van der Waals surface area (Å²) >= 11 is 12.1. The molecule has 0 saturated heterocycles. The predicted octanol–water partition coefficient (Wildman–Crippen LogP) is 4.79. The topological polar surface area (TPSA) is 67.2 Å². The van der Waals surface area contributed by atoms with Gasteiger partial charge in [-0.1, -0.05) is 70.7 Å². The number of hydrogen-bond donors (Lipinski definition) is 1. The molecule has 1 amide bonds. The molecule has 0 aliphatic rings. The number of halogens is 1. The second-order valence-corrected chi connectivity index (χ2v) is 9.62. The Morgan fingerprint density at radius 1 is 1.19 bits per heavy atom. The summed E-state index contributed by atoms with van der Waals surface area (Å²) < 4.78 is 1.60. The molecular formula is C16H13ClN4OS4. The molecule has 0 fully saturated rings. The Hall–Kier alpha value is -1.39. The molecule has 0 unspecified atom stereocenters. The van der Waals surface area contributed by atoms with E-state index < -0.39 is 0 Å². The van der Waals surface area contributed by atoms with Crippen LogP contribution in [0.15, 0.2) is 55.6 Å². The second-order valence-electron chi connectivity index (χ2n) is 4.81. The molecule has 5 nitrogen and oxygen atoms in total. The van der Waals surface area contributed by atoms with Gasteiger partial charge >= 0.3 is 0 Å². The first kappa shape index (κ1) is 19.4. The summed E-state index contributed by atoms with van der Waals surface area (Å²) in [6.07, 6.45) is 1.63. The van der Waals surface area contributed by atoms with Gasteiger partial charge in [0.05, 0.1) is 12.0 Å². The minimum atomic E-state index is -0.178. The molecule has 0 aliphatic carbocycles. The first-order chi connectivity index (χ1) is 12.7. The summed E-state index contributed by atoms with van der Waals surface area (Å²) in [6.45, 7) is 0. The van der Waals surface area contributed by atoms with Gasteiger partial charge in [0.2, 0.25) is 0 Å². The van der Waals surface area contributed by atoms with Crippen molar-refractivity contribution in [3.05, 3.63) is 57.2 Å². The summed E-state index contributed by atoms with van der Waals surface area (Å²) in [5.74, 6) is 0.797. The molecular weight excluding hydrogens is 428 g/mol.